The summed E-state index contributed by atoms with van der Waals surface area (Å²) in [5.74, 6) is 1.16. The molecule has 0 aliphatic carbocycles. The fourth-order valence-electron chi connectivity index (χ4n) is 6.14. The molecule has 0 unspecified atom stereocenters. The van der Waals surface area contributed by atoms with Crippen molar-refractivity contribution in [2.45, 2.75) is 38.9 Å². The molecule has 0 saturated carbocycles. The van der Waals surface area contributed by atoms with Crippen LogP contribution in [0.2, 0.25) is 0 Å². The number of pyridine rings is 2. The molecule has 2 saturated heterocycles. The lowest BCUT2D eigenvalue weighted by molar-refractivity contribution is -0.136. The van der Waals surface area contributed by atoms with Crippen LogP contribution in [0.1, 0.15) is 37.1 Å². The first kappa shape index (κ1) is 23.4. The third-order valence-electron chi connectivity index (χ3n) is 8.01. The third kappa shape index (κ3) is 3.82. The molecule has 0 atom stereocenters. The van der Waals surface area contributed by atoms with Gasteiger partial charge in [-0.05, 0) is 43.4 Å². The molecule has 0 bridgehead atoms. The number of likely N-dealkylation sites (tertiary alicyclic amines) is 1. The topological polar surface area (TPSA) is 108 Å². The molecular weight excluding hydrogens is 464 g/mol. The Kier molecular flexibility index (Phi) is 5.25. The maximum absolute atomic E-state index is 12.1. The number of ether oxygens (including phenoxy) is 1. The smallest absolute Gasteiger partial charge is 0.245 e. The van der Waals surface area contributed by atoms with E-state index < -0.39 is 0 Å². The maximum atomic E-state index is 12.1. The van der Waals surface area contributed by atoms with E-state index in [0.29, 0.717) is 37.5 Å². The molecule has 1 aromatic carbocycles. The second kappa shape index (κ2) is 8.29. The fourth-order valence-corrected chi connectivity index (χ4v) is 6.14. The average molecular weight is 495 g/mol. The zero-order valence-electron chi connectivity index (χ0n) is 21.3. The Balaban J connectivity index is 1.49. The molecule has 3 aliphatic rings. The third-order valence-corrected chi connectivity index (χ3v) is 8.01. The van der Waals surface area contributed by atoms with Gasteiger partial charge in [-0.25, -0.2) is 9.97 Å². The van der Waals surface area contributed by atoms with Crippen molar-refractivity contribution in [1.29, 1.82) is 5.26 Å². The van der Waals surface area contributed by atoms with Gasteiger partial charge in [-0.3, -0.25) is 4.79 Å². The van der Waals surface area contributed by atoms with Crippen LogP contribution in [0.4, 0.5) is 11.6 Å². The summed E-state index contributed by atoms with van der Waals surface area (Å²) in [6.07, 6.45) is 4.77. The largest absolute Gasteiger partial charge is 0.384 e. The fraction of sp³-hybridized carbons (Fsp3) is 0.379. The summed E-state index contributed by atoms with van der Waals surface area (Å²) >= 11 is 0. The van der Waals surface area contributed by atoms with Gasteiger partial charge in [0.25, 0.3) is 0 Å². The Morgan fingerprint density at radius 3 is 2.86 bits per heavy atom. The molecule has 8 heteroatoms. The number of benzene rings is 1. The number of aromatic nitrogens is 2. The van der Waals surface area contributed by atoms with Crippen molar-refractivity contribution in [3.8, 4) is 17.2 Å². The number of carbonyl (C=O) groups excluding carboxylic acids is 1. The zero-order chi connectivity index (χ0) is 25.9. The van der Waals surface area contributed by atoms with Gasteiger partial charge in [0.2, 0.25) is 5.91 Å². The van der Waals surface area contributed by atoms with Crippen molar-refractivity contribution >= 4 is 28.3 Å². The summed E-state index contributed by atoms with van der Waals surface area (Å²) in [5.41, 5.74) is 9.95. The monoisotopic (exact) mass is 494 g/mol. The van der Waals surface area contributed by atoms with Crippen LogP contribution in [-0.4, -0.2) is 52.6 Å². The number of hydrogen-bond donors (Lipinski definition) is 1. The molecule has 2 N–H and O–H groups in total. The van der Waals surface area contributed by atoms with E-state index in [4.69, 9.17) is 15.5 Å². The number of nitrogens with two attached hydrogens (primary N) is 1. The summed E-state index contributed by atoms with van der Waals surface area (Å²) in [5, 5.41) is 12.4. The van der Waals surface area contributed by atoms with E-state index in [2.05, 4.69) is 36.4 Å². The molecule has 1 spiro atoms. The summed E-state index contributed by atoms with van der Waals surface area (Å²) in [7, 11) is 0. The molecule has 8 nitrogen and oxygen atoms in total. The van der Waals surface area contributed by atoms with Crippen molar-refractivity contribution in [3.05, 3.63) is 59.9 Å². The van der Waals surface area contributed by atoms with E-state index in [1.165, 1.54) is 6.08 Å². The second-order valence-corrected chi connectivity index (χ2v) is 11.2. The van der Waals surface area contributed by atoms with E-state index in [-0.39, 0.29) is 16.9 Å². The van der Waals surface area contributed by atoms with Crippen LogP contribution in [0, 0.1) is 16.7 Å². The number of hydrogen-bond acceptors (Lipinski definition) is 7. The number of nitrogen functional groups attached to an aromatic ring is 1. The Labute approximate surface area is 216 Å². The van der Waals surface area contributed by atoms with Crippen LogP contribution in [0.3, 0.4) is 0 Å². The molecule has 2 fully saturated rings. The summed E-state index contributed by atoms with van der Waals surface area (Å²) in [6.45, 7) is 11.1. The lowest BCUT2D eigenvalue weighted by Crippen LogP contribution is -2.59. The number of fused-ring (bicyclic) bond motifs is 2. The normalized spacial score (nSPS) is 19.4. The highest BCUT2D eigenvalue weighted by atomic mass is 16.5. The van der Waals surface area contributed by atoms with E-state index >= 15 is 0 Å². The number of amides is 1. The molecule has 37 heavy (non-hydrogen) atoms. The number of nitriles is 1. The minimum Gasteiger partial charge on any atom is -0.384 e. The van der Waals surface area contributed by atoms with Gasteiger partial charge >= 0.3 is 0 Å². The van der Waals surface area contributed by atoms with Crippen molar-refractivity contribution in [2.75, 3.05) is 36.8 Å². The van der Waals surface area contributed by atoms with E-state index in [0.717, 1.165) is 58.5 Å². The summed E-state index contributed by atoms with van der Waals surface area (Å²) < 4.78 is 6.21. The van der Waals surface area contributed by atoms with Crippen LogP contribution in [0.25, 0.3) is 21.9 Å². The molecule has 6 rings (SSSR count). The first-order valence-corrected chi connectivity index (χ1v) is 12.6. The molecule has 5 heterocycles. The standard InChI is InChI=1S/C29H30N6O2/c1-4-25(36)35-16-29(17-35)8-9-34(15-29)27-20(12-30)26(22-14-37-28(2,3)11-23(22)33-27)19-7-5-6-18-10-24(31)32-13-21(18)19/h4-7,10,13H,1,8-9,11,14-17H2,2-3H3,(H2,31,32). The van der Waals surface area contributed by atoms with Crippen molar-refractivity contribution in [3.63, 3.8) is 0 Å². The van der Waals surface area contributed by atoms with Gasteiger partial charge in [0, 0.05) is 60.7 Å². The van der Waals surface area contributed by atoms with E-state index in [9.17, 15) is 10.1 Å². The molecule has 3 aromatic rings. The second-order valence-electron chi connectivity index (χ2n) is 11.2. The first-order valence-electron chi connectivity index (χ1n) is 12.6. The number of rotatable bonds is 3. The number of carbonyl (C=O) groups is 1. The van der Waals surface area contributed by atoms with Crippen LogP contribution in [0.5, 0.6) is 0 Å². The predicted octanol–water partition coefficient (Wildman–Crippen LogP) is 3.83. The minimum absolute atomic E-state index is 0.0246. The SMILES string of the molecule is C=CC(=O)N1CC2(CCN(c3nc4c(c(-c5cccc6cc(N)ncc56)c3C#N)COC(C)(C)C4)C2)C1. The molecule has 1 amide bonds. The molecule has 3 aliphatic heterocycles. The van der Waals surface area contributed by atoms with Crippen LogP contribution < -0.4 is 10.6 Å². The Morgan fingerprint density at radius 1 is 1.30 bits per heavy atom. The quantitative estimate of drug-likeness (QED) is 0.551. The van der Waals surface area contributed by atoms with Gasteiger partial charge in [0.05, 0.1) is 17.9 Å². The molecule has 188 valence electrons. The Morgan fingerprint density at radius 2 is 2.11 bits per heavy atom. The lowest BCUT2D eigenvalue weighted by Gasteiger charge is -2.47. The van der Waals surface area contributed by atoms with E-state index in [1.807, 2.05) is 29.2 Å². The molecular formula is C29H30N6O2. The van der Waals surface area contributed by atoms with Gasteiger partial charge in [-0.1, -0.05) is 24.8 Å². The van der Waals surface area contributed by atoms with Crippen molar-refractivity contribution in [2.24, 2.45) is 5.41 Å². The van der Waals surface area contributed by atoms with Crippen LogP contribution in [0.15, 0.2) is 43.1 Å². The van der Waals surface area contributed by atoms with Crippen molar-refractivity contribution < 1.29 is 9.53 Å². The van der Waals surface area contributed by atoms with Gasteiger partial charge in [-0.2, -0.15) is 5.26 Å². The van der Waals surface area contributed by atoms with Gasteiger partial charge in [-0.15, -0.1) is 0 Å². The average Bonchev–Trinajstić information content (AvgIpc) is 3.31. The Bertz CT molecular complexity index is 1500. The predicted molar refractivity (Wildman–Crippen MR) is 143 cm³/mol. The zero-order valence-corrected chi connectivity index (χ0v) is 21.3. The van der Waals surface area contributed by atoms with E-state index in [1.54, 1.807) is 6.20 Å². The Hall–Kier alpha value is -3.96. The van der Waals surface area contributed by atoms with Gasteiger partial charge in [0.1, 0.15) is 23.3 Å². The molecule has 2 aromatic heterocycles. The highest BCUT2D eigenvalue weighted by Crippen LogP contribution is 2.45. The van der Waals surface area contributed by atoms with Gasteiger partial charge < -0.3 is 20.3 Å². The minimum atomic E-state index is -0.344. The number of anilines is 2. The van der Waals surface area contributed by atoms with Crippen LogP contribution in [-0.2, 0) is 22.6 Å². The summed E-state index contributed by atoms with van der Waals surface area (Å²) in [4.78, 5) is 25.6. The first-order chi connectivity index (χ1) is 17.7. The highest BCUT2D eigenvalue weighted by molar-refractivity contribution is 6.00. The maximum Gasteiger partial charge on any atom is 0.245 e. The van der Waals surface area contributed by atoms with Crippen LogP contribution >= 0.6 is 0 Å². The molecule has 0 radical (unpaired) electrons. The van der Waals surface area contributed by atoms with Gasteiger partial charge in [0.15, 0.2) is 0 Å². The highest BCUT2D eigenvalue weighted by Gasteiger charge is 2.49. The summed E-state index contributed by atoms with van der Waals surface area (Å²) in [6, 6.07) is 10.4. The van der Waals surface area contributed by atoms with Crippen molar-refractivity contribution in [1.82, 2.24) is 14.9 Å². The lowest BCUT2D eigenvalue weighted by atomic mass is 9.79. The number of nitrogens with zero attached hydrogens (tertiary/aromatic N) is 5.